The summed E-state index contributed by atoms with van der Waals surface area (Å²) in [6, 6.07) is 10.9. The van der Waals surface area contributed by atoms with Gasteiger partial charge in [-0.15, -0.1) is 11.8 Å². The molecule has 2 aromatic rings. The average Bonchev–Trinajstić information content (AvgIpc) is 3.59. The van der Waals surface area contributed by atoms with Crippen molar-refractivity contribution < 1.29 is 19.2 Å². The molecule has 0 bridgehead atoms. The van der Waals surface area contributed by atoms with E-state index in [1.54, 1.807) is 42.7 Å². The minimum Gasteiger partial charge on any atom is -0.381 e. The van der Waals surface area contributed by atoms with Gasteiger partial charge in [-0.1, -0.05) is 18.2 Å². The van der Waals surface area contributed by atoms with Crippen LogP contribution in [0.4, 0.5) is 5.69 Å². The predicted molar refractivity (Wildman–Crippen MR) is 115 cm³/mol. The standard InChI is InChI=1S/C22H24N2O5S/c1-30-20-10-9-16(13-19(20)24(27)28)21(25)17-5-2-3-6-18(17)22(26)23-11-4-12-29-14-15-7-8-15/h2-3,5-6,9-10,13,15H,4,7-8,11-12,14H2,1H3,(H,23,26). The molecule has 0 aliphatic heterocycles. The van der Waals surface area contributed by atoms with Crippen LogP contribution in [0.2, 0.25) is 0 Å². The number of hydrogen-bond donors (Lipinski definition) is 1. The summed E-state index contributed by atoms with van der Waals surface area (Å²) in [5, 5.41) is 14.1. The largest absolute Gasteiger partial charge is 0.381 e. The van der Waals surface area contributed by atoms with Crippen LogP contribution in [-0.4, -0.2) is 42.6 Å². The van der Waals surface area contributed by atoms with E-state index in [4.69, 9.17) is 4.74 Å². The maximum Gasteiger partial charge on any atom is 0.283 e. The Labute approximate surface area is 179 Å². The van der Waals surface area contributed by atoms with E-state index in [0.29, 0.717) is 30.4 Å². The van der Waals surface area contributed by atoms with Crippen LogP contribution in [0.5, 0.6) is 0 Å². The van der Waals surface area contributed by atoms with E-state index in [0.717, 1.165) is 6.61 Å². The van der Waals surface area contributed by atoms with Crippen molar-refractivity contribution in [2.45, 2.75) is 24.2 Å². The predicted octanol–water partition coefficient (Wildman–Crippen LogP) is 4.09. The van der Waals surface area contributed by atoms with Crippen molar-refractivity contribution >= 4 is 29.1 Å². The molecule has 1 N–H and O–H groups in total. The molecule has 8 heteroatoms. The molecule has 0 atom stereocenters. The Morgan fingerprint density at radius 3 is 2.60 bits per heavy atom. The van der Waals surface area contributed by atoms with Gasteiger partial charge >= 0.3 is 0 Å². The molecule has 2 aromatic carbocycles. The number of carbonyl (C=O) groups excluding carboxylic acids is 2. The number of nitrogens with one attached hydrogen (secondary N) is 1. The molecule has 0 aromatic heterocycles. The fourth-order valence-corrected chi connectivity index (χ4v) is 3.56. The van der Waals surface area contributed by atoms with Gasteiger partial charge in [0.2, 0.25) is 0 Å². The van der Waals surface area contributed by atoms with E-state index in [2.05, 4.69) is 5.32 Å². The van der Waals surface area contributed by atoms with Crippen LogP contribution >= 0.6 is 11.8 Å². The molecule has 7 nitrogen and oxygen atoms in total. The second kappa shape index (κ2) is 10.4. The highest BCUT2D eigenvalue weighted by molar-refractivity contribution is 7.98. The molecule has 1 fully saturated rings. The molecule has 1 saturated carbocycles. The minimum atomic E-state index is -0.507. The van der Waals surface area contributed by atoms with Crippen LogP contribution < -0.4 is 5.32 Å². The number of ether oxygens (including phenoxy) is 1. The normalized spacial score (nSPS) is 13.1. The molecule has 1 aliphatic carbocycles. The van der Waals surface area contributed by atoms with E-state index in [-0.39, 0.29) is 28.3 Å². The second-order valence-corrected chi connectivity index (χ2v) is 7.99. The van der Waals surface area contributed by atoms with Gasteiger partial charge in [0.05, 0.1) is 15.4 Å². The van der Waals surface area contributed by atoms with Gasteiger partial charge in [-0.25, -0.2) is 0 Å². The Morgan fingerprint density at radius 1 is 1.20 bits per heavy atom. The van der Waals surface area contributed by atoms with Crippen LogP contribution in [0.15, 0.2) is 47.4 Å². The van der Waals surface area contributed by atoms with Crippen LogP contribution in [0, 0.1) is 16.0 Å². The van der Waals surface area contributed by atoms with E-state index >= 15 is 0 Å². The van der Waals surface area contributed by atoms with Crippen molar-refractivity contribution in [3.63, 3.8) is 0 Å². The maximum atomic E-state index is 13.0. The molecule has 30 heavy (non-hydrogen) atoms. The van der Waals surface area contributed by atoms with Gasteiger partial charge in [-0.3, -0.25) is 19.7 Å². The van der Waals surface area contributed by atoms with Gasteiger partial charge in [0.1, 0.15) is 0 Å². The zero-order valence-corrected chi connectivity index (χ0v) is 17.6. The van der Waals surface area contributed by atoms with Gasteiger partial charge < -0.3 is 10.1 Å². The number of ketones is 1. The summed E-state index contributed by atoms with van der Waals surface area (Å²) < 4.78 is 5.55. The molecule has 3 rings (SSSR count). The molecule has 0 spiro atoms. The Hall–Kier alpha value is -2.71. The Balaban J connectivity index is 1.67. The zero-order chi connectivity index (χ0) is 21.5. The van der Waals surface area contributed by atoms with Crippen LogP contribution in [0.1, 0.15) is 45.5 Å². The third-order valence-electron chi connectivity index (χ3n) is 4.86. The van der Waals surface area contributed by atoms with Gasteiger partial charge in [0.15, 0.2) is 5.78 Å². The first-order valence-electron chi connectivity index (χ1n) is 9.83. The summed E-state index contributed by atoms with van der Waals surface area (Å²) in [6.45, 7) is 1.81. The zero-order valence-electron chi connectivity index (χ0n) is 16.8. The number of amides is 1. The smallest absolute Gasteiger partial charge is 0.283 e. The summed E-state index contributed by atoms with van der Waals surface area (Å²) in [6.07, 6.45) is 4.91. The lowest BCUT2D eigenvalue weighted by Crippen LogP contribution is -2.27. The second-order valence-electron chi connectivity index (χ2n) is 7.15. The van der Waals surface area contributed by atoms with E-state index < -0.39 is 10.7 Å². The molecule has 0 radical (unpaired) electrons. The maximum absolute atomic E-state index is 13.0. The van der Waals surface area contributed by atoms with E-state index in [9.17, 15) is 19.7 Å². The van der Waals surface area contributed by atoms with Crippen LogP contribution in [0.3, 0.4) is 0 Å². The molecule has 0 unspecified atom stereocenters. The highest BCUT2D eigenvalue weighted by atomic mass is 32.2. The number of nitrogens with zero attached hydrogens (tertiary/aromatic N) is 1. The molecular weight excluding hydrogens is 404 g/mol. The van der Waals surface area contributed by atoms with Crippen molar-refractivity contribution in [3.8, 4) is 0 Å². The number of carbonyl (C=O) groups is 2. The van der Waals surface area contributed by atoms with Crippen molar-refractivity contribution in [3.05, 3.63) is 69.3 Å². The Morgan fingerprint density at radius 2 is 1.93 bits per heavy atom. The highest BCUT2D eigenvalue weighted by Gasteiger charge is 2.22. The topological polar surface area (TPSA) is 98.5 Å². The Kier molecular flexibility index (Phi) is 7.59. The number of benzene rings is 2. The van der Waals surface area contributed by atoms with Crippen LogP contribution in [0.25, 0.3) is 0 Å². The molecule has 0 saturated heterocycles. The molecular formula is C22H24N2O5S. The monoisotopic (exact) mass is 428 g/mol. The number of hydrogen-bond acceptors (Lipinski definition) is 6. The highest BCUT2D eigenvalue weighted by Crippen LogP contribution is 2.30. The number of thioether (sulfide) groups is 1. The number of nitro groups is 1. The minimum absolute atomic E-state index is 0.124. The lowest BCUT2D eigenvalue weighted by molar-refractivity contribution is -0.387. The first-order chi connectivity index (χ1) is 14.5. The van der Waals surface area contributed by atoms with Crippen molar-refractivity contribution in [2.24, 2.45) is 5.92 Å². The van der Waals surface area contributed by atoms with Crippen LogP contribution in [-0.2, 0) is 4.74 Å². The van der Waals surface area contributed by atoms with Crippen molar-refractivity contribution in [1.29, 1.82) is 0 Å². The Bertz CT molecular complexity index is 943. The summed E-state index contributed by atoms with van der Waals surface area (Å²) >= 11 is 1.24. The fraction of sp³-hybridized carbons (Fsp3) is 0.364. The number of nitro benzene ring substituents is 1. The molecule has 158 valence electrons. The lowest BCUT2D eigenvalue weighted by atomic mass is 9.97. The van der Waals surface area contributed by atoms with Crippen molar-refractivity contribution in [1.82, 2.24) is 5.32 Å². The average molecular weight is 429 g/mol. The SMILES string of the molecule is CSc1ccc(C(=O)c2ccccc2C(=O)NCCCOCC2CC2)cc1[N+](=O)[O-]. The summed E-state index contributed by atoms with van der Waals surface area (Å²) in [7, 11) is 0. The summed E-state index contributed by atoms with van der Waals surface area (Å²) in [4.78, 5) is 36.9. The van der Waals surface area contributed by atoms with Crippen molar-refractivity contribution in [2.75, 3.05) is 26.0 Å². The van der Waals surface area contributed by atoms with Gasteiger partial charge in [-0.2, -0.15) is 0 Å². The van der Waals surface area contributed by atoms with E-state index in [1.807, 2.05) is 0 Å². The first-order valence-corrected chi connectivity index (χ1v) is 11.1. The third kappa shape index (κ3) is 5.67. The third-order valence-corrected chi connectivity index (χ3v) is 5.64. The van der Waals surface area contributed by atoms with Gasteiger partial charge in [0.25, 0.3) is 11.6 Å². The van der Waals surface area contributed by atoms with Gasteiger partial charge in [-0.05, 0) is 49.6 Å². The fourth-order valence-electron chi connectivity index (χ4n) is 3.01. The van der Waals surface area contributed by atoms with E-state index in [1.165, 1.54) is 30.7 Å². The molecule has 1 amide bonds. The summed E-state index contributed by atoms with van der Waals surface area (Å²) in [5.74, 6) is -0.0704. The molecule has 0 heterocycles. The van der Waals surface area contributed by atoms with Gasteiger partial charge in [0, 0.05) is 37.0 Å². The molecule has 1 aliphatic rings. The first kappa shape index (κ1) is 22.0. The quantitative estimate of drug-likeness (QED) is 0.190. The summed E-state index contributed by atoms with van der Waals surface area (Å²) in [5.41, 5.74) is 0.513. The lowest BCUT2D eigenvalue weighted by Gasteiger charge is -2.10. The number of rotatable bonds is 11.